The van der Waals surface area contributed by atoms with E-state index in [-0.39, 0.29) is 12.0 Å². The van der Waals surface area contributed by atoms with E-state index in [2.05, 4.69) is 4.74 Å². The minimum atomic E-state index is -4.79. The number of alkyl halides is 3. The van der Waals surface area contributed by atoms with E-state index in [9.17, 15) is 13.2 Å². The Bertz CT molecular complexity index is 468. The Hall–Kier alpha value is -2.21. The Labute approximate surface area is 89.3 Å². The van der Waals surface area contributed by atoms with Gasteiger partial charge < -0.3 is 4.74 Å². The van der Waals surface area contributed by atoms with Crippen molar-refractivity contribution >= 4 is 0 Å². The molecule has 0 saturated carbocycles. The topological polar surface area (TPSA) is 56.8 Å². The number of hydrogen-bond acceptors (Lipinski definition) is 3. The summed E-state index contributed by atoms with van der Waals surface area (Å²) < 4.78 is 39.2. The Kier molecular flexibility index (Phi) is 3.37. The van der Waals surface area contributed by atoms with Gasteiger partial charge in [-0.3, -0.25) is 0 Å². The van der Waals surface area contributed by atoms with Crippen molar-refractivity contribution < 1.29 is 17.9 Å². The van der Waals surface area contributed by atoms with Crippen molar-refractivity contribution in [1.82, 2.24) is 0 Å². The number of benzene rings is 1. The summed E-state index contributed by atoms with van der Waals surface area (Å²) in [5, 5.41) is 17.1. The van der Waals surface area contributed by atoms with E-state index in [1.165, 1.54) is 6.07 Å². The normalized spacial score (nSPS) is 10.3. The zero-order valence-electron chi connectivity index (χ0n) is 7.88. The Morgan fingerprint density at radius 3 is 2.44 bits per heavy atom. The lowest BCUT2D eigenvalue weighted by molar-refractivity contribution is -0.274. The molecular weight excluding hydrogens is 221 g/mol. The molecule has 82 valence electrons. The average molecular weight is 226 g/mol. The first-order valence-corrected chi connectivity index (χ1v) is 4.12. The van der Waals surface area contributed by atoms with E-state index < -0.39 is 12.1 Å². The molecule has 0 bridgehead atoms. The lowest BCUT2D eigenvalue weighted by Crippen LogP contribution is -2.17. The van der Waals surface area contributed by atoms with Crippen LogP contribution < -0.4 is 4.74 Å². The number of rotatable bonds is 2. The maximum absolute atomic E-state index is 11.9. The van der Waals surface area contributed by atoms with Crippen LogP contribution in [0.25, 0.3) is 0 Å². The number of halogens is 3. The number of nitriles is 2. The van der Waals surface area contributed by atoms with Crippen LogP contribution >= 0.6 is 0 Å². The summed E-state index contributed by atoms with van der Waals surface area (Å²) in [7, 11) is 0. The summed E-state index contributed by atoms with van der Waals surface area (Å²) in [5.74, 6) is -0.467. The molecule has 0 amide bonds. The van der Waals surface area contributed by atoms with Gasteiger partial charge in [-0.05, 0) is 17.7 Å². The van der Waals surface area contributed by atoms with Crippen LogP contribution in [-0.4, -0.2) is 6.36 Å². The van der Waals surface area contributed by atoms with Gasteiger partial charge in [-0.25, -0.2) is 0 Å². The largest absolute Gasteiger partial charge is 0.573 e. The summed E-state index contributed by atoms with van der Waals surface area (Å²) in [6, 6.07) is 6.82. The fourth-order valence-electron chi connectivity index (χ4n) is 1.10. The van der Waals surface area contributed by atoms with E-state index in [0.717, 1.165) is 12.1 Å². The van der Waals surface area contributed by atoms with Crippen LogP contribution in [0.2, 0.25) is 0 Å². The van der Waals surface area contributed by atoms with Crippen LogP contribution in [0.4, 0.5) is 13.2 Å². The molecule has 0 aliphatic heterocycles. The highest BCUT2D eigenvalue weighted by Gasteiger charge is 2.31. The fourth-order valence-corrected chi connectivity index (χ4v) is 1.10. The molecule has 0 fully saturated rings. The summed E-state index contributed by atoms with van der Waals surface area (Å²) in [6.07, 6.45) is -4.82. The van der Waals surface area contributed by atoms with Crippen molar-refractivity contribution in [2.75, 3.05) is 0 Å². The lowest BCUT2D eigenvalue weighted by atomic mass is 10.1. The second kappa shape index (κ2) is 4.54. The molecule has 16 heavy (non-hydrogen) atoms. The number of ether oxygens (including phenoxy) is 1. The smallest absolute Gasteiger partial charge is 0.406 e. The molecule has 0 radical (unpaired) electrons. The first kappa shape index (κ1) is 11.9. The van der Waals surface area contributed by atoms with Crippen molar-refractivity contribution in [3.63, 3.8) is 0 Å². The summed E-state index contributed by atoms with van der Waals surface area (Å²) in [4.78, 5) is 0. The summed E-state index contributed by atoms with van der Waals surface area (Å²) in [5.41, 5.74) is 0.378. The summed E-state index contributed by atoms with van der Waals surface area (Å²) >= 11 is 0. The highest BCUT2D eigenvalue weighted by molar-refractivity contribution is 5.44. The minimum Gasteiger partial charge on any atom is -0.406 e. The van der Waals surface area contributed by atoms with Crippen LogP contribution in [0.3, 0.4) is 0 Å². The predicted octanol–water partition coefficient (Wildman–Crippen LogP) is 2.52. The second-order valence-corrected chi connectivity index (χ2v) is 2.81. The molecule has 0 atom stereocenters. The molecule has 1 rings (SSSR count). The molecule has 0 heterocycles. The van der Waals surface area contributed by atoms with Crippen molar-refractivity contribution in [3.8, 4) is 17.9 Å². The quantitative estimate of drug-likeness (QED) is 0.778. The van der Waals surface area contributed by atoms with Gasteiger partial charge in [0.15, 0.2) is 0 Å². The van der Waals surface area contributed by atoms with Gasteiger partial charge in [0.05, 0.1) is 24.1 Å². The first-order chi connectivity index (χ1) is 7.46. The summed E-state index contributed by atoms with van der Waals surface area (Å²) in [6.45, 7) is 0. The van der Waals surface area contributed by atoms with Gasteiger partial charge in [-0.15, -0.1) is 13.2 Å². The SMILES string of the molecule is N#CCc1ccc(OC(F)(F)F)cc1C#N. The third kappa shape index (κ3) is 3.18. The molecule has 0 aliphatic rings. The zero-order valence-corrected chi connectivity index (χ0v) is 7.88. The van der Waals surface area contributed by atoms with Gasteiger partial charge in [0.1, 0.15) is 5.75 Å². The Balaban J connectivity index is 3.02. The average Bonchev–Trinajstić information content (AvgIpc) is 2.18. The predicted molar refractivity (Wildman–Crippen MR) is 47.2 cm³/mol. The number of hydrogen-bond donors (Lipinski definition) is 0. The molecule has 0 unspecified atom stereocenters. The molecule has 1 aromatic rings. The highest BCUT2D eigenvalue weighted by Crippen LogP contribution is 2.24. The maximum atomic E-state index is 11.9. The van der Waals surface area contributed by atoms with Crippen molar-refractivity contribution in [2.45, 2.75) is 12.8 Å². The van der Waals surface area contributed by atoms with Gasteiger partial charge in [-0.1, -0.05) is 6.07 Å². The van der Waals surface area contributed by atoms with Crippen LogP contribution in [0.1, 0.15) is 11.1 Å². The van der Waals surface area contributed by atoms with E-state index in [0.29, 0.717) is 5.56 Å². The van der Waals surface area contributed by atoms with Crippen molar-refractivity contribution in [3.05, 3.63) is 29.3 Å². The Morgan fingerprint density at radius 1 is 1.25 bits per heavy atom. The molecule has 1 aromatic carbocycles. The molecule has 0 aromatic heterocycles. The third-order valence-electron chi connectivity index (χ3n) is 1.70. The van der Waals surface area contributed by atoms with Crippen LogP contribution in [0, 0.1) is 22.7 Å². The van der Waals surface area contributed by atoms with E-state index >= 15 is 0 Å². The third-order valence-corrected chi connectivity index (χ3v) is 1.70. The molecule has 3 nitrogen and oxygen atoms in total. The van der Waals surface area contributed by atoms with Crippen LogP contribution in [0.15, 0.2) is 18.2 Å². The fraction of sp³-hybridized carbons (Fsp3) is 0.200. The van der Waals surface area contributed by atoms with E-state index in [4.69, 9.17) is 10.5 Å². The molecule has 0 spiro atoms. The molecule has 6 heteroatoms. The molecule has 0 aliphatic carbocycles. The van der Waals surface area contributed by atoms with Crippen molar-refractivity contribution in [1.29, 1.82) is 10.5 Å². The van der Waals surface area contributed by atoms with Gasteiger partial charge in [-0.2, -0.15) is 10.5 Å². The monoisotopic (exact) mass is 226 g/mol. The minimum absolute atomic E-state index is 0.00306. The Morgan fingerprint density at radius 2 is 1.94 bits per heavy atom. The molecular formula is C10H5F3N2O. The molecule has 0 saturated heterocycles. The van der Waals surface area contributed by atoms with Gasteiger partial charge in [0.25, 0.3) is 0 Å². The van der Waals surface area contributed by atoms with Gasteiger partial charge >= 0.3 is 6.36 Å². The standard InChI is InChI=1S/C10H5F3N2O/c11-10(12,13)16-9-2-1-7(3-4-14)8(5-9)6-15/h1-2,5H,3H2. The number of nitrogens with zero attached hydrogens (tertiary/aromatic N) is 2. The highest BCUT2D eigenvalue weighted by atomic mass is 19.4. The second-order valence-electron chi connectivity index (χ2n) is 2.81. The van der Waals surface area contributed by atoms with Gasteiger partial charge in [0.2, 0.25) is 0 Å². The zero-order chi connectivity index (χ0) is 12.2. The van der Waals surface area contributed by atoms with Crippen molar-refractivity contribution in [2.24, 2.45) is 0 Å². The van der Waals surface area contributed by atoms with E-state index in [1.54, 1.807) is 6.07 Å². The molecule has 0 N–H and O–H groups in total. The maximum Gasteiger partial charge on any atom is 0.573 e. The van der Waals surface area contributed by atoms with E-state index in [1.807, 2.05) is 6.07 Å². The van der Waals surface area contributed by atoms with Gasteiger partial charge in [0, 0.05) is 0 Å². The van der Waals surface area contributed by atoms with Crippen LogP contribution in [0.5, 0.6) is 5.75 Å². The lowest BCUT2D eigenvalue weighted by Gasteiger charge is -2.09. The van der Waals surface area contributed by atoms with Crippen LogP contribution in [-0.2, 0) is 6.42 Å². The first-order valence-electron chi connectivity index (χ1n) is 4.12.